The average Bonchev–Trinajstić information content (AvgIpc) is 3.69. The molecule has 3 aliphatic carbocycles. The molecule has 5 atom stereocenters. The van der Waals surface area contributed by atoms with Crippen molar-refractivity contribution in [1.29, 1.82) is 0 Å². The smallest absolute Gasteiger partial charge is 0.246 e. The molecule has 7 nitrogen and oxygen atoms in total. The van der Waals surface area contributed by atoms with Crippen LogP contribution >= 0.6 is 12.2 Å². The van der Waals surface area contributed by atoms with Crippen molar-refractivity contribution in [2.45, 2.75) is 61.7 Å². The number of hydrogen-bond donors (Lipinski definition) is 2. The zero-order valence-corrected chi connectivity index (χ0v) is 23.6. The number of phenols is 1. The third kappa shape index (κ3) is 3.88. The first kappa shape index (κ1) is 25.9. The van der Waals surface area contributed by atoms with Gasteiger partial charge in [-0.3, -0.25) is 9.69 Å². The number of rotatable bonds is 7. The Morgan fingerprint density at radius 2 is 2.12 bits per heavy atom. The number of likely N-dealkylation sites (tertiary alicyclic amines) is 1. The summed E-state index contributed by atoms with van der Waals surface area (Å²) in [5.41, 5.74) is 2.30. The molecule has 0 radical (unpaired) electrons. The highest BCUT2D eigenvalue weighted by atomic mass is 32.1. The molecule has 1 saturated heterocycles. The number of phenolic OH excluding ortho intramolecular Hbond substituents is 1. The van der Waals surface area contributed by atoms with Crippen LogP contribution in [0.1, 0.15) is 48.8 Å². The molecule has 208 valence electrons. The monoisotopic (exact) mass is 557 g/mol. The van der Waals surface area contributed by atoms with Gasteiger partial charge in [-0.1, -0.05) is 18.2 Å². The number of isothiocyanates is 1. The molecular weight excluding hydrogens is 522 g/mol. The van der Waals surface area contributed by atoms with E-state index in [1.807, 2.05) is 37.4 Å². The quantitative estimate of drug-likeness (QED) is 0.297. The topological polar surface area (TPSA) is 85.6 Å². The third-order valence-corrected chi connectivity index (χ3v) is 10.3. The van der Waals surface area contributed by atoms with E-state index in [4.69, 9.17) is 17.0 Å². The van der Waals surface area contributed by atoms with Gasteiger partial charge in [0.25, 0.3) is 0 Å². The highest BCUT2D eigenvalue weighted by Crippen LogP contribution is 2.66. The standard InChI is InChI=1S/C32H35N3O4S/c1-34(27(37)10-7-20-3-2-4-24(15-20)33-19-40)18-23-11-12-32(38)26-16-22-8-9-25(36)29-28(22)31(32,30(23)39-29)13-14-35(26)17-21-5-6-21/h2-4,7-10,15,21,23,26,30,36,38H,5-6,11-14,16-18H2,1H3/b10-7+/t23?,26-,30+,31+,32-/m1/s1. The summed E-state index contributed by atoms with van der Waals surface area (Å²) in [7, 11) is 1.82. The summed E-state index contributed by atoms with van der Waals surface area (Å²) in [6.07, 6.45) is 8.67. The maximum atomic E-state index is 13.2. The molecule has 1 amide bonds. The van der Waals surface area contributed by atoms with E-state index >= 15 is 0 Å². The Morgan fingerprint density at radius 1 is 1.27 bits per heavy atom. The number of amides is 1. The first-order valence-corrected chi connectivity index (χ1v) is 14.8. The van der Waals surface area contributed by atoms with E-state index in [0.29, 0.717) is 24.4 Å². The van der Waals surface area contributed by atoms with Gasteiger partial charge in [-0.15, -0.1) is 0 Å². The lowest BCUT2D eigenvalue weighted by molar-refractivity contribution is -0.199. The summed E-state index contributed by atoms with van der Waals surface area (Å²) in [6.45, 7) is 2.50. The van der Waals surface area contributed by atoms with Gasteiger partial charge in [-0.25, -0.2) is 0 Å². The second kappa shape index (κ2) is 9.52. The van der Waals surface area contributed by atoms with Crippen molar-refractivity contribution in [3.63, 3.8) is 0 Å². The van der Waals surface area contributed by atoms with E-state index in [9.17, 15) is 15.0 Å². The van der Waals surface area contributed by atoms with E-state index in [2.05, 4.69) is 15.1 Å². The summed E-state index contributed by atoms with van der Waals surface area (Å²) in [5.74, 6) is 1.40. The largest absolute Gasteiger partial charge is 0.504 e. The number of aliphatic hydroxyl groups is 1. The molecular formula is C32H35N3O4S. The van der Waals surface area contributed by atoms with Crippen LogP contribution in [0.5, 0.6) is 11.5 Å². The third-order valence-electron chi connectivity index (χ3n) is 10.2. The fourth-order valence-corrected chi connectivity index (χ4v) is 8.36. The lowest BCUT2D eigenvalue weighted by atomic mass is 9.47. The molecule has 2 heterocycles. The lowest BCUT2D eigenvalue weighted by Gasteiger charge is -2.64. The Bertz CT molecular complexity index is 1450. The van der Waals surface area contributed by atoms with Gasteiger partial charge in [-0.05, 0) is 98.6 Å². The van der Waals surface area contributed by atoms with Crippen LogP contribution in [0.3, 0.4) is 0 Å². The van der Waals surface area contributed by atoms with Crippen LogP contribution in [0, 0.1) is 11.8 Å². The summed E-state index contributed by atoms with van der Waals surface area (Å²) in [6, 6.07) is 11.3. The zero-order valence-electron chi connectivity index (χ0n) is 22.8. The summed E-state index contributed by atoms with van der Waals surface area (Å²) >= 11 is 4.70. The molecule has 0 aromatic heterocycles. The van der Waals surface area contributed by atoms with Crippen molar-refractivity contribution in [2.24, 2.45) is 16.8 Å². The van der Waals surface area contributed by atoms with E-state index in [1.54, 1.807) is 23.1 Å². The first-order chi connectivity index (χ1) is 19.3. The Kier molecular flexibility index (Phi) is 6.17. The number of benzene rings is 2. The second-order valence-corrected chi connectivity index (χ2v) is 12.6. The zero-order chi connectivity index (χ0) is 27.6. The van der Waals surface area contributed by atoms with Crippen LogP contribution in [0.15, 0.2) is 47.5 Å². The minimum absolute atomic E-state index is 0.0382. The number of likely N-dealkylation sites (N-methyl/N-ethyl adjacent to an activating group) is 1. The normalized spacial score (nSPS) is 31.8. The molecule has 7 rings (SSSR count). The molecule has 2 N–H and O–H groups in total. The average molecular weight is 558 g/mol. The fraction of sp³-hybridized carbons (Fsp3) is 0.500. The van der Waals surface area contributed by atoms with E-state index in [0.717, 1.165) is 49.4 Å². The highest BCUT2D eigenvalue weighted by molar-refractivity contribution is 7.78. The summed E-state index contributed by atoms with van der Waals surface area (Å²) < 4.78 is 6.65. The van der Waals surface area contributed by atoms with Crippen molar-refractivity contribution in [2.75, 3.05) is 26.7 Å². The van der Waals surface area contributed by atoms with Gasteiger partial charge in [0.1, 0.15) is 6.10 Å². The SMILES string of the molecule is CN(CC1CC[C@@]2(O)[C@H]3Cc4ccc(O)c5c4[C@@]2(CCN3CC2CC2)[C@H]1O5)C(=O)/C=C/c1cccc(N=C=S)c1. The molecule has 8 heteroatoms. The molecule has 2 saturated carbocycles. The van der Waals surface area contributed by atoms with Gasteiger partial charge in [0.2, 0.25) is 5.91 Å². The molecule has 2 bridgehead atoms. The first-order valence-electron chi connectivity index (χ1n) is 14.4. The van der Waals surface area contributed by atoms with Crippen molar-refractivity contribution in [3.05, 3.63) is 59.2 Å². The number of thiocarbonyl (C=S) groups is 1. The molecule has 3 fully saturated rings. The fourth-order valence-electron chi connectivity index (χ4n) is 8.26. The number of hydrogen-bond acceptors (Lipinski definition) is 7. The van der Waals surface area contributed by atoms with Gasteiger partial charge in [0, 0.05) is 43.7 Å². The predicted octanol–water partition coefficient (Wildman–Crippen LogP) is 4.48. The number of carbonyl (C=O) groups is 1. The van der Waals surface area contributed by atoms with Crippen LogP contribution in [0.4, 0.5) is 5.69 Å². The maximum Gasteiger partial charge on any atom is 0.246 e. The van der Waals surface area contributed by atoms with E-state index in [1.165, 1.54) is 18.4 Å². The van der Waals surface area contributed by atoms with Gasteiger partial charge < -0.3 is 19.8 Å². The lowest BCUT2D eigenvalue weighted by Crippen LogP contribution is -2.76. The van der Waals surface area contributed by atoms with Crippen molar-refractivity contribution in [3.8, 4) is 11.5 Å². The molecule has 2 aromatic carbocycles. The van der Waals surface area contributed by atoms with Crippen molar-refractivity contribution < 1.29 is 19.7 Å². The minimum atomic E-state index is -0.911. The van der Waals surface area contributed by atoms with Gasteiger partial charge in [0.05, 0.1) is 21.9 Å². The molecule has 1 spiro atoms. The molecule has 40 heavy (non-hydrogen) atoms. The van der Waals surface area contributed by atoms with Crippen molar-refractivity contribution in [1.82, 2.24) is 9.80 Å². The number of piperidine rings is 1. The molecule has 2 aliphatic heterocycles. The van der Waals surface area contributed by atoms with E-state index in [-0.39, 0.29) is 29.7 Å². The van der Waals surface area contributed by atoms with Crippen molar-refractivity contribution >= 4 is 35.0 Å². The molecule has 2 aromatic rings. The van der Waals surface area contributed by atoms with Gasteiger partial charge >= 0.3 is 0 Å². The summed E-state index contributed by atoms with van der Waals surface area (Å²) in [5, 5.41) is 25.8. The Morgan fingerprint density at radius 3 is 2.92 bits per heavy atom. The number of nitrogens with zero attached hydrogens (tertiary/aromatic N) is 3. The Labute approximate surface area is 240 Å². The van der Waals surface area contributed by atoms with Gasteiger partial charge in [0.15, 0.2) is 11.5 Å². The van der Waals surface area contributed by atoms with Crippen LogP contribution in [0.2, 0.25) is 0 Å². The summed E-state index contributed by atoms with van der Waals surface area (Å²) in [4.78, 5) is 21.5. The predicted molar refractivity (Wildman–Crippen MR) is 156 cm³/mol. The Hall–Kier alpha value is -3.03. The molecule has 1 unspecified atom stereocenters. The van der Waals surface area contributed by atoms with Crippen LogP contribution in [-0.4, -0.2) is 75.5 Å². The Balaban J connectivity index is 1.16. The van der Waals surface area contributed by atoms with E-state index < -0.39 is 11.0 Å². The van der Waals surface area contributed by atoms with Gasteiger partial charge in [-0.2, -0.15) is 4.99 Å². The number of aliphatic imine (C=N–C) groups is 1. The highest BCUT2D eigenvalue weighted by Gasteiger charge is 2.72. The number of ether oxygens (including phenoxy) is 1. The number of carbonyl (C=O) groups excluding carboxylic acids is 1. The van der Waals surface area contributed by atoms with Crippen LogP contribution in [0.25, 0.3) is 6.08 Å². The molecule has 5 aliphatic rings. The second-order valence-electron chi connectivity index (χ2n) is 12.4. The van der Waals surface area contributed by atoms with Crippen LogP contribution in [-0.2, 0) is 16.6 Å². The maximum absolute atomic E-state index is 13.2. The minimum Gasteiger partial charge on any atom is -0.504 e. The number of aromatic hydroxyl groups is 1. The van der Waals surface area contributed by atoms with Crippen LogP contribution < -0.4 is 4.74 Å².